The van der Waals surface area contributed by atoms with Gasteiger partial charge in [0.2, 0.25) is 18.6 Å². The summed E-state index contributed by atoms with van der Waals surface area (Å²) in [6.45, 7) is 1.49. The molecule has 3 aliphatic rings. The van der Waals surface area contributed by atoms with Crippen LogP contribution in [-0.4, -0.2) is 50.8 Å². The van der Waals surface area contributed by atoms with Gasteiger partial charge >= 0.3 is 0 Å². The molecule has 2 amide bonds. The summed E-state index contributed by atoms with van der Waals surface area (Å²) in [5.74, 6) is 2.39. The molecular formula is C25H28N2O6. The first-order chi connectivity index (χ1) is 16.1. The molecule has 1 saturated carbocycles. The smallest absolute Gasteiger partial charge is 0.231 e. The van der Waals surface area contributed by atoms with E-state index in [1.165, 1.54) is 0 Å². The third-order valence-corrected chi connectivity index (χ3v) is 6.64. The molecule has 2 aliphatic heterocycles. The molecule has 0 bridgehead atoms. The first kappa shape index (κ1) is 21.4. The third-order valence-electron chi connectivity index (χ3n) is 6.64. The highest BCUT2D eigenvalue weighted by Gasteiger charge is 2.44. The molecule has 1 N–H and O–H groups in total. The zero-order valence-corrected chi connectivity index (χ0v) is 18.8. The number of ether oxygens (including phenoxy) is 4. The molecule has 0 aromatic heterocycles. The summed E-state index contributed by atoms with van der Waals surface area (Å²) in [7, 11) is 3.21. The second-order valence-corrected chi connectivity index (χ2v) is 8.74. The van der Waals surface area contributed by atoms with E-state index in [9.17, 15) is 9.59 Å². The molecular weight excluding hydrogens is 424 g/mol. The summed E-state index contributed by atoms with van der Waals surface area (Å²) in [5, 5.41) is 3.06. The lowest BCUT2D eigenvalue weighted by Gasteiger charge is -2.21. The maximum absolute atomic E-state index is 13.3. The molecule has 5 rings (SSSR count). The molecule has 2 fully saturated rings. The van der Waals surface area contributed by atoms with Crippen LogP contribution in [0.25, 0.3) is 0 Å². The molecule has 2 aromatic rings. The fourth-order valence-corrected chi connectivity index (χ4v) is 4.65. The number of likely N-dealkylation sites (tertiary alicyclic amines) is 1. The zero-order valence-electron chi connectivity index (χ0n) is 18.8. The van der Waals surface area contributed by atoms with Crippen molar-refractivity contribution in [2.75, 3.05) is 34.1 Å². The minimum absolute atomic E-state index is 0.0818. The van der Waals surface area contributed by atoms with E-state index in [0.29, 0.717) is 42.6 Å². The van der Waals surface area contributed by atoms with Crippen LogP contribution in [0.4, 0.5) is 0 Å². The van der Waals surface area contributed by atoms with E-state index in [4.69, 9.17) is 18.9 Å². The lowest BCUT2D eigenvalue weighted by molar-refractivity contribution is -0.132. The van der Waals surface area contributed by atoms with Crippen molar-refractivity contribution in [1.82, 2.24) is 10.2 Å². The van der Waals surface area contributed by atoms with Gasteiger partial charge in [0.1, 0.15) is 11.5 Å². The van der Waals surface area contributed by atoms with Crippen molar-refractivity contribution >= 4 is 11.8 Å². The fourth-order valence-electron chi connectivity index (χ4n) is 4.65. The van der Waals surface area contributed by atoms with Crippen molar-refractivity contribution in [2.24, 2.45) is 11.8 Å². The van der Waals surface area contributed by atoms with Gasteiger partial charge in [-0.15, -0.1) is 0 Å². The van der Waals surface area contributed by atoms with E-state index in [2.05, 4.69) is 5.32 Å². The Kier molecular flexibility index (Phi) is 5.74. The van der Waals surface area contributed by atoms with E-state index in [1.807, 2.05) is 41.3 Å². The molecule has 8 heteroatoms. The molecule has 2 unspecified atom stereocenters. The van der Waals surface area contributed by atoms with Crippen LogP contribution in [0.3, 0.4) is 0 Å². The van der Waals surface area contributed by atoms with Gasteiger partial charge in [-0.3, -0.25) is 9.59 Å². The Balaban J connectivity index is 1.35. The van der Waals surface area contributed by atoms with Gasteiger partial charge in [-0.2, -0.15) is 0 Å². The lowest BCUT2D eigenvalue weighted by Crippen LogP contribution is -2.35. The van der Waals surface area contributed by atoms with Crippen LogP contribution < -0.4 is 24.3 Å². The summed E-state index contributed by atoms with van der Waals surface area (Å²) in [4.78, 5) is 28.0. The Morgan fingerprint density at radius 1 is 1.03 bits per heavy atom. The van der Waals surface area contributed by atoms with E-state index < -0.39 is 0 Å². The summed E-state index contributed by atoms with van der Waals surface area (Å²) in [5.41, 5.74) is 1.84. The normalized spacial score (nSPS) is 21.1. The number of nitrogens with zero attached hydrogens (tertiary/aromatic N) is 1. The Morgan fingerprint density at radius 2 is 1.85 bits per heavy atom. The van der Waals surface area contributed by atoms with Gasteiger partial charge in [-0.05, 0) is 36.6 Å². The highest BCUT2D eigenvalue weighted by atomic mass is 16.7. The largest absolute Gasteiger partial charge is 0.497 e. The maximum Gasteiger partial charge on any atom is 0.231 e. The van der Waals surface area contributed by atoms with Crippen LogP contribution in [0.2, 0.25) is 0 Å². The van der Waals surface area contributed by atoms with Gasteiger partial charge in [-0.25, -0.2) is 0 Å². The minimum Gasteiger partial charge on any atom is -0.497 e. The average Bonchev–Trinajstić information content (AvgIpc) is 3.43. The topological polar surface area (TPSA) is 86.3 Å². The van der Waals surface area contributed by atoms with Crippen LogP contribution in [0.5, 0.6) is 23.0 Å². The van der Waals surface area contributed by atoms with E-state index >= 15 is 0 Å². The number of hydrogen-bond acceptors (Lipinski definition) is 6. The molecule has 0 spiro atoms. The molecule has 33 heavy (non-hydrogen) atoms. The van der Waals surface area contributed by atoms with Crippen LogP contribution in [-0.2, 0) is 16.1 Å². The molecule has 0 radical (unpaired) electrons. The minimum atomic E-state index is -0.371. The number of benzene rings is 2. The Hall–Kier alpha value is -3.42. The summed E-state index contributed by atoms with van der Waals surface area (Å²) >= 11 is 0. The average molecular weight is 453 g/mol. The van der Waals surface area contributed by atoms with Crippen molar-refractivity contribution < 1.29 is 28.5 Å². The summed E-state index contributed by atoms with van der Waals surface area (Å²) in [6.07, 6.45) is 1.87. The van der Waals surface area contributed by atoms with Crippen molar-refractivity contribution in [3.8, 4) is 23.0 Å². The Morgan fingerprint density at radius 3 is 2.61 bits per heavy atom. The molecule has 8 nitrogen and oxygen atoms in total. The second kappa shape index (κ2) is 8.84. The number of carbonyl (C=O) groups excluding carboxylic acids is 2. The number of carbonyl (C=O) groups is 2. The number of hydrogen-bond donors (Lipinski definition) is 1. The monoisotopic (exact) mass is 452 g/mol. The number of rotatable bonds is 7. The second-order valence-electron chi connectivity index (χ2n) is 8.74. The number of methoxy groups -OCH3 is 2. The fraction of sp³-hybridized carbons (Fsp3) is 0.440. The van der Waals surface area contributed by atoms with Crippen molar-refractivity contribution in [1.29, 1.82) is 0 Å². The van der Waals surface area contributed by atoms with Crippen LogP contribution >= 0.6 is 0 Å². The zero-order chi connectivity index (χ0) is 22.9. The van der Waals surface area contributed by atoms with Gasteiger partial charge in [0.05, 0.1) is 20.1 Å². The van der Waals surface area contributed by atoms with E-state index in [0.717, 1.165) is 24.0 Å². The first-order valence-corrected chi connectivity index (χ1v) is 11.2. The van der Waals surface area contributed by atoms with E-state index in [1.54, 1.807) is 14.2 Å². The number of nitrogens with one attached hydrogen (secondary N) is 1. The molecule has 2 atom stereocenters. The Labute approximate surface area is 192 Å². The van der Waals surface area contributed by atoms with E-state index in [-0.39, 0.29) is 36.4 Å². The highest BCUT2D eigenvalue weighted by molar-refractivity contribution is 5.85. The molecule has 2 heterocycles. The molecule has 174 valence electrons. The molecule has 1 aliphatic carbocycles. The van der Waals surface area contributed by atoms with Gasteiger partial charge in [0.15, 0.2) is 11.5 Å². The Bertz CT molecular complexity index is 1070. The lowest BCUT2D eigenvalue weighted by atomic mass is 9.87. The number of fused-ring (bicyclic) bond motifs is 1. The highest BCUT2D eigenvalue weighted by Crippen LogP contribution is 2.41. The van der Waals surface area contributed by atoms with Crippen LogP contribution in [0.1, 0.15) is 29.9 Å². The summed E-state index contributed by atoms with van der Waals surface area (Å²) in [6, 6.07) is 11.3. The first-order valence-electron chi connectivity index (χ1n) is 11.2. The SMILES string of the molecule is COc1ccc(C2CN(C(=O)C3CC3)CC2C(=O)NCc2ccc3c(c2)OCO3)c(OC)c1. The van der Waals surface area contributed by atoms with Crippen molar-refractivity contribution in [3.05, 3.63) is 47.5 Å². The molecule has 2 aromatic carbocycles. The van der Waals surface area contributed by atoms with Crippen LogP contribution in [0, 0.1) is 11.8 Å². The predicted molar refractivity (Wildman–Crippen MR) is 119 cm³/mol. The van der Waals surface area contributed by atoms with Gasteiger partial charge < -0.3 is 29.2 Å². The predicted octanol–water partition coefficient (Wildman–Crippen LogP) is 2.70. The third kappa shape index (κ3) is 4.29. The standard InChI is InChI=1S/C25H28N2O6/c1-30-17-6-7-18(22(10-17)31-2)19-12-27(25(29)16-4-5-16)13-20(19)24(28)26-11-15-3-8-21-23(9-15)33-14-32-21/h3,6-10,16,19-20H,4-5,11-14H2,1-2H3,(H,26,28). The quantitative estimate of drug-likeness (QED) is 0.695. The van der Waals surface area contributed by atoms with Gasteiger partial charge in [0, 0.05) is 43.1 Å². The van der Waals surface area contributed by atoms with Crippen molar-refractivity contribution in [2.45, 2.75) is 25.3 Å². The van der Waals surface area contributed by atoms with Gasteiger partial charge in [0.25, 0.3) is 0 Å². The molecule has 1 saturated heterocycles. The van der Waals surface area contributed by atoms with Crippen molar-refractivity contribution in [3.63, 3.8) is 0 Å². The summed E-state index contributed by atoms with van der Waals surface area (Å²) < 4.78 is 21.7. The number of amides is 2. The van der Waals surface area contributed by atoms with Gasteiger partial charge in [-0.1, -0.05) is 12.1 Å². The van der Waals surface area contributed by atoms with Crippen LogP contribution in [0.15, 0.2) is 36.4 Å². The maximum atomic E-state index is 13.3.